The first-order valence-corrected chi connectivity index (χ1v) is 16.6. The van der Waals surface area contributed by atoms with E-state index in [0.717, 1.165) is 35.4 Å². The molecule has 6 rings (SSSR count). The van der Waals surface area contributed by atoms with Crippen molar-refractivity contribution in [2.45, 2.75) is 91.4 Å². The van der Waals surface area contributed by atoms with Crippen molar-refractivity contribution in [2.24, 2.45) is 0 Å². The summed E-state index contributed by atoms with van der Waals surface area (Å²) in [6.45, 7) is 20.2. The summed E-state index contributed by atoms with van der Waals surface area (Å²) in [7, 11) is 0. The molecule has 47 heavy (non-hydrogen) atoms. The molecule has 0 aliphatic rings. The Labute approximate surface area is 296 Å². The first kappa shape index (κ1) is 36.2. The quantitative estimate of drug-likeness (QED) is 0.128. The van der Waals surface area contributed by atoms with Crippen molar-refractivity contribution in [1.29, 1.82) is 0 Å². The van der Waals surface area contributed by atoms with Crippen molar-refractivity contribution in [3.8, 4) is 22.5 Å². The second-order valence-electron chi connectivity index (χ2n) is 14.8. The van der Waals surface area contributed by atoms with Crippen molar-refractivity contribution in [3.63, 3.8) is 0 Å². The third-order valence-electron chi connectivity index (χ3n) is 9.54. The van der Waals surface area contributed by atoms with E-state index in [-0.39, 0.29) is 36.4 Å². The van der Waals surface area contributed by atoms with E-state index in [4.69, 9.17) is 0 Å². The molecule has 6 aromatic rings. The van der Waals surface area contributed by atoms with E-state index in [0.29, 0.717) is 0 Å². The Balaban J connectivity index is 0.000000216. The van der Waals surface area contributed by atoms with Gasteiger partial charge >= 0.3 is 0 Å². The molecule has 2 heterocycles. The standard InChI is InChI=1S/C25H24N.C19H24N.Ir/c1-4-25(3,5-2)21-14-15-26-24(17-21)20-12-13-23-19(16-20)11-10-18-8-6-7-9-22(18)23;1-18(2,3)15-9-7-8-14(12-15)17-13-16(10-11-20-17)19(4,5)6;/h6-11,13-17H,4-5H2,1-3H3;7,9-13H,1-6H3;/q2*-1;. The van der Waals surface area contributed by atoms with Gasteiger partial charge in [-0.3, -0.25) is 0 Å². The SMILES string of the molecule is CC(C)(C)c1cc[c-]c(-c2cc(C(C)(C)C)ccn2)c1.CCC(C)(CC)c1ccnc(-c2[c-]cc3c(ccc4ccccc43)c2)c1.[Ir]. The molecule has 2 nitrogen and oxygen atoms in total. The van der Waals surface area contributed by atoms with Crippen molar-refractivity contribution in [1.82, 2.24) is 9.97 Å². The molecule has 0 unspecified atom stereocenters. The fourth-order valence-corrected chi connectivity index (χ4v) is 5.83. The zero-order valence-electron chi connectivity index (χ0n) is 29.5. The van der Waals surface area contributed by atoms with Gasteiger partial charge in [-0.25, -0.2) is 0 Å². The van der Waals surface area contributed by atoms with Crippen molar-refractivity contribution in [2.75, 3.05) is 0 Å². The van der Waals surface area contributed by atoms with Gasteiger partial charge < -0.3 is 9.97 Å². The third kappa shape index (κ3) is 8.26. The van der Waals surface area contributed by atoms with Gasteiger partial charge in [0.25, 0.3) is 0 Å². The largest absolute Gasteiger partial charge is 0.305 e. The van der Waals surface area contributed by atoms with Crippen LogP contribution in [0.3, 0.4) is 0 Å². The summed E-state index contributed by atoms with van der Waals surface area (Å²) in [5.41, 5.74) is 8.60. The molecule has 0 atom stereocenters. The Morgan fingerprint density at radius 2 is 1.11 bits per heavy atom. The van der Waals surface area contributed by atoms with Crippen LogP contribution in [0, 0.1) is 12.1 Å². The van der Waals surface area contributed by atoms with Crippen LogP contribution in [0.25, 0.3) is 44.1 Å². The Bertz CT molecular complexity index is 1900. The fraction of sp³-hybridized carbons (Fsp3) is 0.318. The summed E-state index contributed by atoms with van der Waals surface area (Å²) in [5.74, 6) is 0. The van der Waals surface area contributed by atoms with E-state index in [1.165, 1.54) is 38.2 Å². The average molecular weight is 797 g/mol. The molecule has 0 N–H and O–H groups in total. The van der Waals surface area contributed by atoms with Crippen molar-refractivity contribution in [3.05, 3.63) is 132 Å². The molecule has 2 aromatic heterocycles. The maximum Gasteiger partial charge on any atom is 0.0163 e. The average Bonchev–Trinajstić information content (AvgIpc) is 3.07. The number of fused-ring (bicyclic) bond motifs is 3. The van der Waals surface area contributed by atoms with Crippen LogP contribution in [0.1, 0.15) is 91.8 Å². The van der Waals surface area contributed by atoms with Gasteiger partial charge in [0, 0.05) is 32.5 Å². The molecule has 0 aliphatic carbocycles. The molecule has 0 fully saturated rings. The number of nitrogens with zero attached hydrogens (tertiary/aromatic N) is 2. The van der Waals surface area contributed by atoms with Gasteiger partial charge in [-0.1, -0.05) is 122 Å². The normalized spacial score (nSPS) is 11.9. The van der Waals surface area contributed by atoms with Crippen LogP contribution in [0.5, 0.6) is 0 Å². The van der Waals surface area contributed by atoms with Gasteiger partial charge in [-0.2, -0.15) is 0 Å². The molecule has 1 radical (unpaired) electrons. The molecular formula is C44H48IrN2-2. The van der Waals surface area contributed by atoms with Gasteiger partial charge in [0.2, 0.25) is 0 Å². The second-order valence-corrected chi connectivity index (χ2v) is 14.8. The van der Waals surface area contributed by atoms with Crippen LogP contribution in [0.4, 0.5) is 0 Å². The molecule has 0 spiro atoms. The van der Waals surface area contributed by atoms with Crippen molar-refractivity contribution >= 4 is 21.5 Å². The second kappa shape index (κ2) is 14.6. The predicted molar refractivity (Wildman–Crippen MR) is 197 cm³/mol. The number of pyridine rings is 2. The van der Waals surface area contributed by atoms with E-state index in [9.17, 15) is 0 Å². The third-order valence-corrected chi connectivity index (χ3v) is 9.54. The molecule has 0 aliphatic heterocycles. The van der Waals surface area contributed by atoms with E-state index >= 15 is 0 Å². The molecular weight excluding hydrogens is 749 g/mol. The monoisotopic (exact) mass is 797 g/mol. The number of benzene rings is 4. The van der Waals surface area contributed by atoms with Crippen LogP contribution in [0.15, 0.2) is 103 Å². The molecule has 4 aromatic carbocycles. The fourth-order valence-electron chi connectivity index (χ4n) is 5.83. The van der Waals surface area contributed by atoms with Crippen LogP contribution < -0.4 is 0 Å². The first-order valence-electron chi connectivity index (χ1n) is 16.6. The van der Waals surface area contributed by atoms with Crippen molar-refractivity contribution < 1.29 is 20.1 Å². The molecule has 0 amide bonds. The smallest absolute Gasteiger partial charge is 0.0163 e. The summed E-state index contributed by atoms with van der Waals surface area (Å²) in [6.07, 6.45) is 6.08. The molecule has 0 saturated heterocycles. The minimum atomic E-state index is 0. The number of hydrogen-bond donors (Lipinski definition) is 0. The first-order chi connectivity index (χ1) is 21.8. The summed E-state index contributed by atoms with van der Waals surface area (Å²) in [4.78, 5) is 9.14. The van der Waals surface area contributed by atoms with E-state index in [2.05, 4.69) is 169 Å². The van der Waals surface area contributed by atoms with Gasteiger partial charge in [-0.15, -0.1) is 64.5 Å². The van der Waals surface area contributed by atoms with Crippen LogP contribution in [0.2, 0.25) is 0 Å². The Kier molecular flexibility index (Phi) is 11.3. The van der Waals surface area contributed by atoms with Gasteiger partial charge in [0.15, 0.2) is 0 Å². The zero-order valence-corrected chi connectivity index (χ0v) is 31.9. The van der Waals surface area contributed by atoms with Gasteiger partial charge in [0.1, 0.15) is 0 Å². The van der Waals surface area contributed by atoms with E-state index in [1.54, 1.807) is 0 Å². The molecule has 245 valence electrons. The van der Waals surface area contributed by atoms with Gasteiger partial charge in [0.05, 0.1) is 0 Å². The van der Waals surface area contributed by atoms with Crippen LogP contribution in [-0.2, 0) is 36.4 Å². The topological polar surface area (TPSA) is 25.8 Å². The maximum absolute atomic E-state index is 4.63. The Morgan fingerprint density at radius 3 is 1.74 bits per heavy atom. The Hall–Kier alpha value is -3.65. The minimum absolute atomic E-state index is 0. The Morgan fingerprint density at radius 1 is 0.553 bits per heavy atom. The summed E-state index contributed by atoms with van der Waals surface area (Å²) in [6, 6.07) is 39.0. The van der Waals surface area contributed by atoms with Crippen LogP contribution in [-0.4, -0.2) is 9.97 Å². The summed E-state index contributed by atoms with van der Waals surface area (Å²) >= 11 is 0. The molecule has 0 saturated carbocycles. The molecule has 3 heteroatoms. The number of aromatic nitrogens is 2. The zero-order chi connectivity index (χ0) is 33.1. The predicted octanol–water partition coefficient (Wildman–Crippen LogP) is 12.1. The van der Waals surface area contributed by atoms with Crippen LogP contribution >= 0.6 is 0 Å². The summed E-state index contributed by atoms with van der Waals surface area (Å²) in [5, 5.41) is 5.02. The van der Waals surface area contributed by atoms with Gasteiger partial charge in [-0.05, 0) is 69.1 Å². The number of rotatable bonds is 5. The van der Waals surface area contributed by atoms with E-state index in [1.807, 2.05) is 18.5 Å². The minimum Gasteiger partial charge on any atom is -0.305 e. The maximum atomic E-state index is 4.63. The van der Waals surface area contributed by atoms with E-state index < -0.39 is 0 Å². The molecule has 0 bridgehead atoms. The number of hydrogen-bond acceptors (Lipinski definition) is 2. The summed E-state index contributed by atoms with van der Waals surface area (Å²) < 4.78 is 0.